The number of piperidine rings is 1. The first-order chi connectivity index (χ1) is 11.8. The Morgan fingerprint density at radius 1 is 1.28 bits per heavy atom. The van der Waals surface area contributed by atoms with Crippen LogP contribution in [0.5, 0.6) is 5.88 Å². The Bertz CT molecular complexity index is 691. The minimum Gasteiger partial charge on any atom is -0.481 e. The van der Waals surface area contributed by atoms with E-state index in [1.54, 1.807) is 7.11 Å². The van der Waals surface area contributed by atoms with Crippen LogP contribution in [0.15, 0.2) is 18.2 Å². The Morgan fingerprint density at radius 3 is 2.64 bits per heavy atom. The molecule has 25 heavy (non-hydrogen) atoms. The maximum absolute atomic E-state index is 12.7. The summed E-state index contributed by atoms with van der Waals surface area (Å²) in [5.74, 6) is 0.633. The lowest BCUT2D eigenvalue weighted by Gasteiger charge is -2.45. The van der Waals surface area contributed by atoms with Gasteiger partial charge in [-0.05, 0) is 70.6 Å². The lowest BCUT2D eigenvalue weighted by molar-refractivity contribution is 0.0000853. The van der Waals surface area contributed by atoms with E-state index in [2.05, 4.69) is 17.1 Å². The topological polar surface area (TPSA) is 51.7 Å². The molecule has 0 saturated carbocycles. The Balaban J connectivity index is 1.87. The van der Waals surface area contributed by atoms with Crippen molar-refractivity contribution < 1.29 is 14.3 Å². The van der Waals surface area contributed by atoms with Gasteiger partial charge in [-0.15, -0.1) is 0 Å². The zero-order chi connectivity index (χ0) is 18.2. The van der Waals surface area contributed by atoms with E-state index in [9.17, 15) is 4.79 Å². The van der Waals surface area contributed by atoms with E-state index in [0.29, 0.717) is 5.88 Å². The highest BCUT2D eigenvalue weighted by Gasteiger charge is 2.39. The first-order valence-electron chi connectivity index (χ1n) is 9.02. The zero-order valence-corrected chi connectivity index (χ0v) is 15.8. The highest BCUT2D eigenvalue weighted by Crippen LogP contribution is 2.38. The number of ether oxygens (including phenoxy) is 2. The number of methoxy groups -OCH3 is 1. The Kier molecular flexibility index (Phi) is 4.76. The van der Waals surface area contributed by atoms with Crippen molar-refractivity contribution in [1.29, 1.82) is 0 Å². The monoisotopic (exact) mass is 344 g/mol. The van der Waals surface area contributed by atoms with E-state index < -0.39 is 5.60 Å². The summed E-state index contributed by atoms with van der Waals surface area (Å²) in [4.78, 5) is 19.1. The molecule has 0 N–H and O–H groups in total. The zero-order valence-electron chi connectivity index (χ0n) is 15.8. The van der Waals surface area contributed by atoms with Crippen molar-refractivity contribution in [2.75, 3.05) is 7.11 Å². The average molecular weight is 344 g/mol. The van der Waals surface area contributed by atoms with E-state index in [1.807, 2.05) is 38.7 Å². The van der Waals surface area contributed by atoms with Crippen LogP contribution in [0.2, 0.25) is 0 Å². The summed E-state index contributed by atoms with van der Waals surface area (Å²) in [6.07, 6.45) is 6.05. The number of hydrogen-bond donors (Lipinski definition) is 0. The predicted octanol–water partition coefficient (Wildman–Crippen LogP) is 4.34. The lowest BCUT2D eigenvalue weighted by atomic mass is 9.83. The maximum Gasteiger partial charge on any atom is 0.411 e. The number of carbonyl (C=O) groups excluding carboxylic acids is 1. The van der Waals surface area contributed by atoms with Gasteiger partial charge in [0.1, 0.15) is 5.60 Å². The van der Waals surface area contributed by atoms with Crippen LogP contribution in [0.25, 0.3) is 5.57 Å². The van der Waals surface area contributed by atoms with E-state index in [4.69, 9.17) is 9.47 Å². The minimum absolute atomic E-state index is 0.110. The second kappa shape index (κ2) is 6.70. The van der Waals surface area contributed by atoms with E-state index >= 15 is 0 Å². The highest BCUT2D eigenvalue weighted by molar-refractivity contribution is 5.75. The highest BCUT2D eigenvalue weighted by atomic mass is 16.6. The standard InChI is InChI=1S/C20H28N2O3/c1-13-17(9-10-18(21-13)24-5)14-11-15-7-6-8-16(12-14)22(15)19(23)25-20(2,3)4/h9-11,15-16H,6-8,12H2,1-5H3. The van der Waals surface area contributed by atoms with Gasteiger partial charge in [0, 0.05) is 17.8 Å². The molecule has 2 unspecified atom stereocenters. The summed E-state index contributed by atoms with van der Waals surface area (Å²) >= 11 is 0. The second-order valence-corrected chi connectivity index (χ2v) is 7.92. The molecule has 1 amide bonds. The van der Waals surface area contributed by atoms with Gasteiger partial charge in [-0.1, -0.05) is 6.08 Å². The largest absolute Gasteiger partial charge is 0.481 e. The summed E-state index contributed by atoms with van der Waals surface area (Å²) in [5.41, 5.74) is 2.93. The van der Waals surface area contributed by atoms with Gasteiger partial charge in [0.25, 0.3) is 0 Å². The number of aryl methyl sites for hydroxylation is 1. The van der Waals surface area contributed by atoms with Gasteiger partial charge in [-0.3, -0.25) is 4.90 Å². The molecular weight excluding hydrogens is 316 g/mol. The first kappa shape index (κ1) is 17.8. The number of fused-ring (bicyclic) bond motifs is 2. The molecule has 0 radical (unpaired) electrons. The third-order valence-corrected chi connectivity index (χ3v) is 4.86. The number of nitrogens with zero attached hydrogens (tertiary/aromatic N) is 2. The molecule has 2 aliphatic rings. The summed E-state index contributed by atoms with van der Waals surface area (Å²) in [6, 6.07) is 4.29. The van der Waals surface area contributed by atoms with Crippen molar-refractivity contribution in [3.63, 3.8) is 0 Å². The van der Waals surface area contributed by atoms with Crippen LogP contribution in [0.1, 0.15) is 57.7 Å². The van der Waals surface area contributed by atoms with Crippen LogP contribution in [0.4, 0.5) is 4.79 Å². The number of hydrogen-bond acceptors (Lipinski definition) is 4. The number of carbonyl (C=O) groups is 1. The molecule has 136 valence electrons. The van der Waals surface area contributed by atoms with Gasteiger partial charge in [0.05, 0.1) is 13.2 Å². The van der Waals surface area contributed by atoms with Crippen molar-refractivity contribution in [2.45, 2.75) is 71.1 Å². The second-order valence-electron chi connectivity index (χ2n) is 7.92. The van der Waals surface area contributed by atoms with Gasteiger partial charge in [0.2, 0.25) is 5.88 Å². The Labute approximate surface area is 150 Å². The van der Waals surface area contributed by atoms with Gasteiger partial charge in [-0.25, -0.2) is 9.78 Å². The fourth-order valence-electron chi connectivity index (χ4n) is 3.82. The quantitative estimate of drug-likeness (QED) is 0.800. The van der Waals surface area contributed by atoms with Gasteiger partial charge in [0.15, 0.2) is 0 Å². The third kappa shape index (κ3) is 3.80. The summed E-state index contributed by atoms with van der Waals surface area (Å²) in [6.45, 7) is 7.75. The molecule has 0 aliphatic carbocycles. The molecule has 1 saturated heterocycles. The molecule has 1 aromatic rings. The number of rotatable bonds is 2. The van der Waals surface area contributed by atoms with Crippen LogP contribution in [-0.4, -0.2) is 40.8 Å². The third-order valence-electron chi connectivity index (χ3n) is 4.86. The number of aromatic nitrogens is 1. The molecule has 3 rings (SSSR count). The molecule has 0 spiro atoms. The van der Waals surface area contributed by atoms with Crippen LogP contribution in [0.3, 0.4) is 0 Å². The van der Waals surface area contributed by atoms with Crippen molar-refractivity contribution in [3.05, 3.63) is 29.5 Å². The van der Waals surface area contributed by atoms with Gasteiger partial charge in [-0.2, -0.15) is 0 Å². The van der Waals surface area contributed by atoms with Gasteiger partial charge < -0.3 is 9.47 Å². The smallest absolute Gasteiger partial charge is 0.411 e. The van der Waals surface area contributed by atoms with E-state index in [0.717, 1.165) is 36.9 Å². The molecule has 5 nitrogen and oxygen atoms in total. The van der Waals surface area contributed by atoms with Crippen molar-refractivity contribution in [3.8, 4) is 5.88 Å². The Hall–Kier alpha value is -2.04. The van der Waals surface area contributed by atoms with E-state index in [1.165, 1.54) is 5.57 Å². The molecule has 1 aromatic heterocycles. The van der Waals surface area contributed by atoms with Gasteiger partial charge >= 0.3 is 6.09 Å². The first-order valence-corrected chi connectivity index (χ1v) is 9.02. The van der Waals surface area contributed by atoms with Crippen LogP contribution < -0.4 is 4.74 Å². The van der Waals surface area contributed by atoms with E-state index in [-0.39, 0.29) is 18.2 Å². The van der Waals surface area contributed by atoms with Crippen LogP contribution in [-0.2, 0) is 4.74 Å². The van der Waals surface area contributed by atoms with Crippen molar-refractivity contribution in [1.82, 2.24) is 9.88 Å². The molecule has 0 aromatic carbocycles. The minimum atomic E-state index is -0.466. The van der Waals surface area contributed by atoms with Crippen molar-refractivity contribution in [2.24, 2.45) is 0 Å². The molecule has 2 bridgehead atoms. The predicted molar refractivity (Wildman–Crippen MR) is 97.6 cm³/mol. The molecule has 2 atom stereocenters. The summed E-state index contributed by atoms with van der Waals surface area (Å²) < 4.78 is 10.8. The molecule has 2 aliphatic heterocycles. The SMILES string of the molecule is COc1ccc(C2=CC3CCCC(C2)N3C(=O)OC(C)(C)C)c(C)n1. The number of pyridine rings is 1. The average Bonchev–Trinajstić information content (AvgIpc) is 2.51. The Morgan fingerprint density at radius 2 is 2.04 bits per heavy atom. The fourth-order valence-corrected chi connectivity index (χ4v) is 3.82. The summed E-state index contributed by atoms with van der Waals surface area (Å²) in [5, 5.41) is 0. The summed E-state index contributed by atoms with van der Waals surface area (Å²) in [7, 11) is 1.63. The van der Waals surface area contributed by atoms with Crippen molar-refractivity contribution >= 4 is 11.7 Å². The molecule has 5 heteroatoms. The molecule has 1 fully saturated rings. The van der Waals surface area contributed by atoms with Crippen LogP contribution in [0, 0.1) is 6.92 Å². The maximum atomic E-state index is 12.7. The number of amides is 1. The molecular formula is C20H28N2O3. The van der Waals surface area contributed by atoms with Crippen LogP contribution >= 0.6 is 0 Å². The lowest BCUT2D eigenvalue weighted by Crippen LogP contribution is -2.53. The molecule has 3 heterocycles. The normalized spacial score (nSPS) is 23.1. The fraction of sp³-hybridized carbons (Fsp3) is 0.600.